The van der Waals surface area contributed by atoms with Gasteiger partial charge in [-0.3, -0.25) is 19.5 Å². The van der Waals surface area contributed by atoms with Crippen LogP contribution >= 0.6 is 0 Å². The fourth-order valence-electron chi connectivity index (χ4n) is 5.54. The SMILES string of the molecule is CCN1CCCC(CNC(=NC)NCCN2C(=O)C3C4C=CC(C4)C3C2=O)C1. The summed E-state index contributed by atoms with van der Waals surface area (Å²) < 4.78 is 0. The van der Waals surface area contributed by atoms with Gasteiger partial charge in [0.25, 0.3) is 0 Å². The Kier molecular flexibility index (Phi) is 5.71. The highest BCUT2D eigenvalue weighted by atomic mass is 16.2. The number of carbonyl (C=O) groups excluding carboxylic acids is 2. The number of rotatable bonds is 6. The molecule has 154 valence electrons. The largest absolute Gasteiger partial charge is 0.356 e. The van der Waals surface area contributed by atoms with E-state index in [4.69, 9.17) is 0 Å². The first-order chi connectivity index (χ1) is 13.6. The zero-order chi connectivity index (χ0) is 19.7. The topological polar surface area (TPSA) is 77.0 Å². The Bertz CT molecular complexity index is 646. The van der Waals surface area contributed by atoms with Crippen molar-refractivity contribution in [2.24, 2.45) is 34.6 Å². The van der Waals surface area contributed by atoms with Gasteiger partial charge in [0, 0.05) is 33.2 Å². The molecular formula is C21H33N5O2. The van der Waals surface area contributed by atoms with Gasteiger partial charge in [-0.1, -0.05) is 19.1 Å². The minimum absolute atomic E-state index is 0.0264. The molecule has 0 spiro atoms. The van der Waals surface area contributed by atoms with Gasteiger partial charge in [0.05, 0.1) is 11.8 Å². The molecule has 7 heteroatoms. The van der Waals surface area contributed by atoms with Gasteiger partial charge in [0.2, 0.25) is 11.8 Å². The van der Waals surface area contributed by atoms with E-state index in [0.717, 1.165) is 32.0 Å². The summed E-state index contributed by atoms with van der Waals surface area (Å²) in [7, 11) is 1.76. The number of piperidine rings is 1. The zero-order valence-electron chi connectivity index (χ0n) is 17.1. The van der Waals surface area contributed by atoms with Crippen LogP contribution in [0.4, 0.5) is 0 Å². The van der Waals surface area contributed by atoms with Gasteiger partial charge < -0.3 is 15.5 Å². The second-order valence-electron chi connectivity index (χ2n) is 8.61. The Morgan fingerprint density at radius 3 is 2.54 bits per heavy atom. The molecule has 2 saturated heterocycles. The number of nitrogens with one attached hydrogen (secondary N) is 2. The lowest BCUT2D eigenvalue weighted by molar-refractivity contribution is -0.140. The van der Waals surface area contributed by atoms with Crippen LogP contribution in [0.2, 0.25) is 0 Å². The molecule has 3 fully saturated rings. The lowest BCUT2D eigenvalue weighted by atomic mass is 9.85. The maximum atomic E-state index is 12.7. The molecule has 4 rings (SSSR count). The number of amides is 2. The second-order valence-corrected chi connectivity index (χ2v) is 8.61. The molecule has 2 N–H and O–H groups in total. The summed E-state index contributed by atoms with van der Waals surface area (Å²) in [5.74, 6) is 1.78. The van der Waals surface area contributed by atoms with E-state index in [1.165, 1.54) is 24.3 Å². The number of aliphatic imine (C=N–C) groups is 1. The van der Waals surface area contributed by atoms with Crippen LogP contribution in [0.5, 0.6) is 0 Å². The first-order valence-electron chi connectivity index (χ1n) is 10.8. The number of likely N-dealkylation sites (tertiary alicyclic amines) is 2. The minimum Gasteiger partial charge on any atom is -0.356 e. The second kappa shape index (κ2) is 8.23. The molecule has 0 aromatic rings. The number of hydrogen-bond acceptors (Lipinski definition) is 4. The fraction of sp³-hybridized carbons (Fsp3) is 0.762. The van der Waals surface area contributed by atoms with Crippen molar-refractivity contribution in [2.45, 2.75) is 26.2 Å². The van der Waals surface area contributed by atoms with Crippen LogP contribution in [0.25, 0.3) is 0 Å². The molecule has 7 nitrogen and oxygen atoms in total. The molecule has 2 aliphatic heterocycles. The van der Waals surface area contributed by atoms with E-state index < -0.39 is 0 Å². The van der Waals surface area contributed by atoms with Crippen LogP contribution < -0.4 is 10.6 Å². The van der Waals surface area contributed by atoms with E-state index in [1.54, 1.807) is 7.05 Å². The van der Waals surface area contributed by atoms with Crippen molar-refractivity contribution in [1.29, 1.82) is 0 Å². The molecule has 0 radical (unpaired) electrons. The van der Waals surface area contributed by atoms with Crippen LogP contribution in [0.1, 0.15) is 26.2 Å². The lowest BCUT2D eigenvalue weighted by Crippen LogP contribution is -2.46. The standard InChI is InChI=1S/C21H33N5O2/c1-3-25-9-4-5-14(13-25)12-24-21(22-2)23-8-10-26-19(27)17-15-6-7-16(11-15)18(17)20(26)28/h6-7,14-18H,3-5,8-13H2,1-2H3,(H2,22,23,24). The van der Waals surface area contributed by atoms with Crippen LogP contribution in [0.3, 0.4) is 0 Å². The lowest BCUT2D eigenvalue weighted by Gasteiger charge is -2.32. The van der Waals surface area contributed by atoms with Gasteiger partial charge in [-0.2, -0.15) is 0 Å². The van der Waals surface area contributed by atoms with Crippen molar-refractivity contribution in [3.63, 3.8) is 0 Å². The summed E-state index contributed by atoms with van der Waals surface area (Å²) in [6.45, 7) is 7.51. The van der Waals surface area contributed by atoms with Gasteiger partial charge in [-0.05, 0) is 50.1 Å². The number of guanidine groups is 1. The molecule has 0 aromatic carbocycles. The van der Waals surface area contributed by atoms with E-state index >= 15 is 0 Å². The van der Waals surface area contributed by atoms with E-state index in [0.29, 0.717) is 19.0 Å². The average molecular weight is 388 g/mol. The Morgan fingerprint density at radius 1 is 1.18 bits per heavy atom. The molecule has 1 saturated carbocycles. The van der Waals surface area contributed by atoms with Crippen molar-refractivity contribution in [2.75, 3.05) is 46.3 Å². The fourth-order valence-corrected chi connectivity index (χ4v) is 5.54. The number of hydrogen-bond donors (Lipinski definition) is 2. The van der Waals surface area contributed by atoms with Crippen molar-refractivity contribution in [3.05, 3.63) is 12.2 Å². The average Bonchev–Trinajstić information content (AvgIpc) is 3.40. The molecule has 5 unspecified atom stereocenters. The summed E-state index contributed by atoms with van der Waals surface area (Å²) in [4.78, 5) is 33.7. The number of carbonyl (C=O) groups is 2. The quantitative estimate of drug-likeness (QED) is 0.304. The van der Waals surface area contributed by atoms with Crippen molar-refractivity contribution in [1.82, 2.24) is 20.4 Å². The summed E-state index contributed by atoms with van der Waals surface area (Å²) in [6.07, 6.45) is 7.75. The maximum absolute atomic E-state index is 12.7. The first kappa shape index (κ1) is 19.4. The molecule has 2 bridgehead atoms. The molecule has 5 atom stereocenters. The van der Waals surface area contributed by atoms with E-state index in [2.05, 4.69) is 39.6 Å². The summed E-state index contributed by atoms with van der Waals surface area (Å²) in [5.41, 5.74) is 0. The van der Waals surface area contributed by atoms with Gasteiger partial charge in [0.1, 0.15) is 0 Å². The third kappa shape index (κ3) is 3.56. The van der Waals surface area contributed by atoms with E-state index in [1.807, 2.05) is 0 Å². The monoisotopic (exact) mass is 387 g/mol. The number of nitrogens with zero attached hydrogens (tertiary/aromatic N) is 3. The summed E-state index contributed by atoms with van der Waals surface area (Å²) >= 11 is 0. The predicted molar refractivity (Wildman–Crippen MR) is 109 cm³/mol. The van der Waals surface area contributed by atoms with Crippen molar-refractivity contribution >= 4 is 17.8 Å². The van der Waals surface area contributed by atoms with Gasteiger partial charge in [-0.25, -0.2) is 0 Å². The number of fused-ring (bicyclic) bond motifs is 5. The Hall–Kier alpha value is -1.89. The Labute approximate surface area is 167 Å². The molecular weight excluding hydrogens is 354 g/mol. The third-order valence-electron chi connectivity index (χ3n) is 7.02. The third-order valence-corrected chi connectivity index (χ3v) is 7.02. The number of imide groups is 1. The summed E-state index contributed by atoms with van der Waals surface area (Å²) in [6, 6.07) is 0. The molecule has 2 aliphatic carbocycles. The molecule has 0 aromatic heterocycles. The van der Waals surface area contributed by atoms with Crippen LogP contribution in [-0.2, 0) is 9.59 Å². The van der Waals surface area contributed by atoms with Crippen LogP contribution in [0.15, 0.2) is 17.1 Å². The molecule has 4 aliphatic rings. The van der Waals surface area contributed by atoms with E-state index in [9.17, 15) is 9.59 Å². The smallest absolute Gasteiger partial charge is 0.233 e. The summed E-state index contributed by atoms with van der Waals surface area (Å²) in [5, 5.41) is 6.68. The maximum Gasteiger partial charge on any atom is 0.233 e. The highest BCUT2D eigenvalue weighted by Crippen LogP contribution is 2.52. The van der Waals surface area contributed by atoms with Crippen LogP contribution in [0, 0.1) is 29.6 Å². The zero-order valence-corrected chi connectivity index (χ0v) is 17.1. The highest BCUT2D eigenvalue weighted by molar-refractivity contribution is 6.06. The van der Waals surface area contributed by atoms with Crippen molar-refractivity contribution in [3.8, 4) is 0 Å². The predicted octanol–water partition coefficient (Wildman–Crippen LogP) is 0.690. The van der Waals surface area contributed by atoms with Crippen molar-refractivity contribution < 1.29 is 9.59 Å². The molecule has 2 heterocycles. The molecule has 28 heavy (non-hydrogen) atoms. The highest BCUT2D eigenvalue weighted by Gasteiger charge is 2.58. The van der Waals surface area contributed by atoms with E-state index in [-0.39, 0.29) is 35.5 Å². The van der Waals surface area contributed by atoms with Gasteiger partial charge in [0.15, 0.2) is 5.96 Å². The first-order valence-corrected chi connectivity index (χ1v) is 10.8. The normalized spacial score (nSPS) is 35.0. The van der Waals surface area contributed by atoms with Gasteiger partial charge >= 0.3 is 0 Å². The van der Waals surface area contributed by atoms with Crippen LogP contribution in [-0.4, -0.2) is 73.9 Å². The minimum atomic E-state index is -0.104. The Morgan fingerprint density at radius 2 is 1.89 bits per heavy atom. The van der Waals surface area contributed by atoms with Gasteiger partial charge in [-0.15, -0.1) is 0 Å². The number of allylic oxidation sites excluding steroid dienone is 2. The molecule has 2 amide bonds. The Balaban J connectivity index is 1.22.